The molecule has 0 aromatic heterocycles. The zero-order chi connectivity index (χ0) is 23.6. The van der Waals surface area contributed by atoms with E-state index in [1.54, 1.807) is 4.90 Å². The Hall–Kier alpha value is -3.12. The quantitative estimate of drug-likeness (QED) is 0.423. The number of likely N-dealkylation sites (N-methyl/N-ethyl adjacent to an activating group) is 1. The smallest absolute Gasteiger partial charge is 0.261 e. The molecule has 0 aliphatic carbocycles. The lowest BCUT2D eigenvalue weighted by atomic mass is 10.0. The minimum absolute atomic E-state index is 0.147. The van der Waals surface area contributed by atoms with Crippen LogP contribution in [0.1, 0.15) is 23.6 Å². The average molecular weight is 509 g/mol. The fraction of sp³-hybridized carbons (Fsp3) is 0.259. The van der Waals surface area contributed by atoms with Crippen molar-refractivity contribution in [3.05, 3.63) is 100 Å². The zero-order valence-corrected chi connectivity index (χ0v) is 20.5. The van der Waals surface area contributed by atoms with Gasteiger partial charge >= 0.3 is 0 Å². The molecule has 0 fully saturated rings. The highest BCUT2D eigenvalue weighted by Crippen LogP contribution is 2.19. The van der Waals surface area contributed by atoms with E-state index in [1.165, 1.54) is 0 Å². The molecule has 6 heteroatoms. The molecular formula is C27H29BrN2O3. The van der Waals surface area contributed by atoms with Gasteiger partial charge in [-0.05, 0) is 48.7 Å². The summed E-state index contributed by atoms with van der Waals surface area (Å²) in [4.78, 5) is 28.2. The molecule has 3 aromatic rings. The van der Waals surface area contributed by atoms with Crippen LogP contribution in [0.4, 0.5) is 0 Å². The minimum Gasteiger partial charge on any atom is -0.484 e. The summed E-state index contributed by atoms with van der Waals surface area (Å²) in [5.41, 5.74) is 2.88. The molecule has 0 saturated carbocycles. The van der Waals surface area contributed by atoms with E-state index in [4.69, 9.17) is 4.74 Å². The number of nitrogens with one attached hydrogen (secondary N) is 1. The second kappa shape index (κ2) is 12.2. The van der Waals surface area contributed by atoms with Crippen molar-refractivity contribution >= 4 is 27.7 Å². The van der Waals surface area contributed by atoms with Gasteiger partial charge in [0, 0.05) is 24.0 Å². The van der Waals surface area contributed by atoms with Gasteiger partial charge in [-0.3, -0.25) is 9.59 Å². The van der Waals surface area contributed by atoms with Gasteiger partial charge in [0.15, 0.2) is 6.61 Å². The van der Waals surface area contributed by atoms with Crippen LogP contribution in [-0.2, 0) is 22.6 Å². The maximum Gasteiger partial charge on any atom is 0.261 e. The number of aryl methyl sites for hydroxylation is 1. The molecule has 0 aliphatic rings. The number of hydrogen-bond acceptors (Lipinski definition) is 3. The van der Waals surface area contributed by atoms with Crippen molar-refractivity contribution in [2.45, 2.75) is 32.9 Å². The summed E-state index contributed by atoms with van der Waals surface area (Å²) < 4.78 is 6.80. The first kappa shape index (κ1) is 24.5. The molecule has 0 radical (unpaired) electrons. The topological polar surface area (TPSA) is 58.6 Å². The largest absolute Gasteiger partial charge is 0.484 e. The Morgan fingerprint density at radius 1 is 0.939 bits per heavy atom. The molecule has 1 N–H and O–H groups in total. The normalized spacial score (nSPS) is 11.5. The van der Waals surface area contributed by atoms with E-state index in [1.807, 2.05) is 92.7 Å². The number of para-hydroxylation sites is 1. The predicted octanol–water partition coefficient (Wildman–Crippen LogP) is 4.91. The van der Waals surface area contributed by atoms with Crippen molar-refractivity contribution in [3.63, 3.8) is 0 Å². The summed E-state index contributed by atoms with van der Waals surface area (Å²) in [5, 5.41) is 2.90. The third kappa shape index (κ3) is 7.19. The number of nitrogens with zero attached hydrogens (tertiary/aromatic N) is 1. The molecule has 0 bridgehead atoms. The van der Waals surface area contributed by atoms with Gasteiger partial charge in [0.05, 0.1) is 0 Å². The van der Waals surface area contributed by atoms with Gasteiger partial charge in [0.1, 0.15) is 11.8 Å². The molecule has 2 amide bonds. The number of benzene rings is 3. The predicted molar refractivity (Wildman–Crippen MR) is 134 cm³/mol. The first-order chi connectivity index (χ1) is 16.0. The van der Waals surface area contributed by atoms with Gasteiger partial charge in [-0.15, -0.1) is 0 Å². The van der Waals surface area contributed by atoms with Crippen molar-refractivity contribution in [2.24, 2.45) is 0 Å². The molecule has 0 aliphatic heterocycles. The van der Waals surface area contributed by atoms with Crippen LogP contribution in [0.25, 0.3) is 0 Å². The van der Waals surface area contributed by atoms with Crippen molar-refractivity contribution in [1.82, 2.24) is 10.2 Å². The van der Waals surface area contributed by atoms with Gasteiger partial charge < -0.3 is 15.0 Å². The molecule has 172 valence electrons. The van der Waals surface area contributed by atoms with Crippen molar-refractivity contribution < 1.29 is 14.3 Å². The second-order valence-electron chi connectivity index (χ2n) is 7.80. The van der Waals surface area contributed by atoms with E-state index >= 15 is 0 Å². The highest BCUT2D eigenvalue weighted by Gasteiger charge is 2.30. The fourth-order valence-corrected chi connectivity index (χ4v) is 3.84. The Morgan fingerprint density at radius 3 is 2.27 bits per heavy atom. The third-order valence-corrected chi connectivity index (χ3v) is 5.86. The molecule has 0 heterocycles. The Bertz CT molecular complexity index is 1050. The Morgan fingerprint density at radius 2 is 1.61 bits per heavy atom. The Kier molecular flexibility index (Phi) is 9.07. The van der Waals surface area contributed by atoms with Gasteiger partial charge in [-0.25, -0.2) is 0 Å². The number of amides is 2. The van der Waals surface area contributed by atoms with E-state index < -0.39 is 6.04 Å². The molecule has 0 spiro atoms. The van der Waals surface area contributed by atoms with Crippen molar-refractivity contribution in [2.75, 3.05) is 13.2 Å². The molecule has 3 aromatic carbocycles. The maximum absolute atomic E-state index is 13.5. The summed E-state index contributed by atoms with van der Waals surface area (Å²) in [6.07, 6.45) is 0.416. The summed E-state index contributed by atoms with van der Waals surface area (Å²) in [7, 11) is 0. The van der Waals surface area contributed by atoms with Crippen LogP contribution in [0, 0.1) is 6.92 Å². The van der Waals surface area contributed by atoms with Crippen LogP contribution in [0.15, 0.2) is 83.3 Å². The summed E-state index contributed by atoms with van der Waals surface area (Å²) in [6, 6.07) is 24.4. The van der Waals surface area contributed by atoms with Gasteiger partial charge in [-0.2, -0.15) is 0 Å². The standard InChI is InChI=1S/C27H29BrN2O3/c1-3-29-27(32)24(17-21-10-5-4-6-11-21)30(18-22-13-15-23(28)16-14-22)26(31)19-33-25-12-8-7-9-20(25)2/h4-16,24H,3,17-19H2,1-2H3,(H,29,32). The van der Waals surface area contributed by atoms with Crippen molar-refractivity contribution in [3.8, 4) is 5.75 Å². The lowest BCUT2D eigenvalue weighted by Crippen LogP contribution is -2.51. The highest BCUT2D eigenvalue weighted by molar-refractivity contribution is 9.10. The number of hydrogen-bond donors (Lipinski definition) is 1. The van der Waals surface area contributed by atoms with E-state index in [9.17, 15) is 9.59 Å². The van der Waals surface area contributed by atoms with E-state index in [0.29, 0.717) is 25.3 Å². The number of carbonyl (C=O) groups is 2. The molecule has 5 nitrogen and oxygen atoms in total. The lowest BCUT2D eigenvalue weighted by molar-refractivity contribution is -0.142. The Balaban J connectivity index is 1.89. The molecule has 1 atom stereocenters. The van der Waals surface area contributed by atoms with Gasteiger partial charge in [-0.1, -0.05) is 76.6 Å². The van der Waals surface area contributed by atoms with Crippen LogP contribution < -0.4 is 10.1 Å². The number of carbonyl (C=O) groups excluding carboxylic acids is 2. The average Bonchev–Trinajstić information content (AvgIpc) is 2.82. The zero-order valence-electron chi connectivity index (χ0n) is 19.0. The number of halogens is 1. The van der Waals surface area contributed by atoms with Crippen LogP contribution >= 0.6 is 15.9 Å². The Labute approximate surface area is 203 Å². The maximum atomic E-state index is 13.5. The molecule has 33 heavy (non-hydrogen) atoms. The van der Waals surface area contributed by atoms with E-state index in [-0.39, 0.29) is 18.4 Å². The summed E-state index contributed by atoms with van der Waals surface area (Å²) in [6.45, 7) is 4.46. The first-order valence-electron chi connectivity index (χ1n) is 11.0. The van der Waals surface area contributed by atoms with Crippen LogP contribution in [0.3, 0.4) is 0 Å². The van der Waals surface area contributed by atoms with Crippen LogP contribution in [-0.4, -0.2) is 35.9 Å². The van der Waals surface area contributed by atoms with Crippen LogP contribution in [0.5, 0.6) is 5.75 Å². The molecule has 1 unspecified atom stereocenters. The van der Waals surface area contributed by atoms with Gasteiger partial charge in [0.25, 0.3) is 5.91 Å². The minimum atomic E-state index is -0.663. The summed E-state index contributed by atoms with van der Waals surface area (Å²) in [5.74, 6) is 0.239. The summed E-state index contributed by atoms with van der Waals surface area (Å²) >= 11 is 3.45. The molecule has 3 rings (SSSR count). The van der Waals surface area contributed by atoms with Crippen molar-refractivity contribution in [1.29, 1.82) is 0 Å². The van der Waals surface area contributed by atoms with Gasteiger partial charge in [0.2, 0.25) is 5.91 Å². The van der Waals surface area contributed by atoms with E-state index in [0.717, 1.165) is 21.2 Å². The number of rotatable bonds is 10. The second-order valence-corrected chi connectivity index (χ2v) is 8.72. The first-order valence-corrected chi connectivity index (χ1v) is 11.8. The third-order valence-electron chi connectivity index (χ3n) is 5.33. The van der Waals surface area contributed by atoms with E-state index in [2.05, 4.69) is 21.2 Å². The fourth-order valence-electron chi connectivity index (χ4n) is 3.57. The SMILES string of the molecule is CCNC(=O)C(Cc1ccccc1)N(Cc1ccc(Br)cc1)C(=O)COc1ccccc1C. The molecule has 0 saturated heterocycles. The number of ether oxygens (including phenoxy) is 1. The highest BCUT2D eigenvalue weighted by atomic mass is 79.9. The van der Waals surface area contributed by atoms with Crippen LogP contribution in [0.2, 0.25) is 0 Å². The lowest BCUT2D eigenvalue weighted by Gasteiger charge is -2.31. The molecular weight excluding hydrogens is 480 g/mol. The monoisotopic (exact) mass is 508 g/mol.